The Labute approximate surface area is 76.4 Å². The molecule has 0 radical (unpaired) electrons. The van der Waals surface area contributed by atoms with Gasteiger partial charge in [0.1, 0.15) is 0 Å². The molecule has 0 fully saturated rings. The number of hydrogen-bond donors (Lipinski definition) is 0. The molecule has 1 atom stereocenters. The van der Waals surface area contributed by atoms with Crippen LogP contribution in [0.3, 0.4) is 0 Å². The normalized spacial score (nSPS) is 13.0. The maximum atomic E-state index is 11.0. The van der Waals surface area contributed by atoms with Crippen molar-refractivity contribution in [3.8, 4) is 0 Å². The van der Waals surface area contributed by atoms with E-state index < -0.39 is 10.8 Å². The molecule has 0 bridgehead atoms. The number of benzene rings is 1. The van der Waals surface area contributed by atoms with Crippen LogP contribution in [0.1, 0.15) is 0 Å². The van der Waals surface area contributed by atoms with Gasteiger partial charge in [-0.25, -0.2) is 0 Å². The first-order valence-corrected chi connectivity index (χ1v) is 5.43. The van der Waals surface area contributed by atoms with E-state index in [9.17, 15) is 4.21 Å². The Morgan fingerprint density at radius 1 is 1.40 bits per heavy atom. The maximum Gasteiger partial charge on any atom is 0.0518 e. The average molecular weight is 266 g/mol. The van der Waals surface area contributed by atoms with Gasteiger partial charge in [0.2, 0.25) is 0 Å². The Bertz CT molecular complexity index is 260. The highest BCUT2D eigenvalue weighted by Crippen LogP contribution is 2.13. The summed E-state index contributed by atoms with van der Waals surface area (Å²) in [5.41, 5.74) is 0. The Kier molecular flexibility index (Phi) is 2.85. The van der Waals surface area contributed by atoms with Gasteiger partial charge in [-0.1, -0.05) is 12.1 Å². The zero-order valence-electron chi connectivity index (χ0n) is 5.50. The summed E-state index contributed by atoms with van der Waals surface area (Å²) in [6.45, 7) is 0. The van der Waals surface area contributed by atoms with Gasteiger partial charge in [-0.15, -0.1) is 0 Å². The summed E-state index contributed by atoms with van der Waals surface area (Å²) in [6, 6.07) is 7.69. The summed E-state index contributed by atoms with van der Waals surface area (Å²) in [5.74, 6) is 0. The zero-order chi connectivity index (χ0) is 7.56. The van der Waals surface area contributed by atoms with Crippen LogP contribution in [-0.4, -0.2) is 10.5 Å². The predicted octanol–water partition coefficient (Wildman–Crippen LogP) is 2.03. The third-order valence-corrected chi connectivity index (χ3v) is 3.43. The Balaban J connectivity index is 3.15. The quantitative estimate of drug-likeness (QED) is 0.711. The number of rotatable bonds is 1. The molecule has 0 aliphatic rings. The first-order chi connectivity index (χ1) is 4.72. The van der Waals surface area contributed by atoms with Crippen molar-refractivity contribution in [2.45, 2.75) is 4.90 Å². The molecule has 0 aromatic heterocycles. The monoisotopic (exact) mass is 266 g/mol. The van der Waals surface area contributed by atoms with Gasteiger partial charge >= 0.3 is 0 Å². The summed E-state index contributed by atoms with van der Waals surface area (Å²) in [6.07, 6.45) is 1.69. The second-order valence-electron chi connectivity index (χ2n) is 1.88. The molecule has 0 amide bonds. The van der Waals surface area contributed by atoms with E-state index in [-0.39, 0.29) is 0 Å². The van der Waals surface area contributed by atoms with Crippen molar-refractivity contribution in [1.82, 2.24) is 0 Å². The highest BCUT2D eigenvalue weighted by Gasteiger charge is 1.99. The lowest BCUT2D eigenvalue weighted by Gasteiger charge is -1.96. The van der Waals surface area contributed by atoms with Crippen LogP contribution in [0.2, 0.25) is 0 Å². The molecule has 54 valence electrons. The first-order valence-electron chi connectivity index (χ1n) is 2.80. The second-order valence-corrected chi connectivity index (χ2v) is 4.39. The van der Waals surface area contributed by atoms with Crippen LogP contribution in [0, 0.1) is 3.57 Å². The molecule has 1 nitrogen and oxygen atoms in total. The molecule has 0 saturated heterocycles. The molecule has 1 aromatic rings. The maximum absolute atomic E-state index is 11.0. The first kappa shape index (κ1) is 8.20. The largest absolute Gasteiger partial charge is 0.255 e. The fraction of sp³-hybridized carbons (Fsp3) is 0.143. The van der Waals surface area contributed by atoms with Crippen molar-refractivity contribution < 1.29 is 4.21 Å². The van der Waals surface area contributed by atoms with E-state index in [4.69, 9.17) is 0 Å². The van der Waals surface area contributed by atoms with Crippen LogP contribution >= 0.6 is 22.6 Å². The van der Waals surface area contributed by atoms with Crippen LogP contribution in [0.15, 0.2) is 29.2 Å². The summed E-state index contributed by atoms with van der Waals surface area (Å²) in [4.78, 5) is 0.920. The molecule has 3 heteroatoms. The lowest BCUT2D eigenvalue weighted by atomic mass is 10.4. The Hall–Kier alpha value is 0.100. The van der Waals surface area contributed by atoms with Gasteiger partial charge in [-0.05, 0) is 34.7 Å². The standard InChI is InChI=1S/C7H7IOS/c1-10(9)7-5-3-2-4-6(7)8/h2-5H,1H3. The SMILES string of the molecule is CS(=O)c1ccccc1I. The van der Waals surface area contributed by atoms with Crippen molar-refractivity contribution in [2.75, 3.05) is 6.26 Å². The zero-order valence-corrected chi connectivity index (χ0v) is 8.48. The number of hydrogen-bond acceptors (Lipinski definition) is 1. The van der Waals surface area contributed by atoms with E-state index >= 15 is 0 Å². The van der Waals surface area contributed by atoms with Crippen LogP contribution in [0.5, 0.6) is 0 Å². The summed E-state index contributed by atoms with van der Waals surface area (Å²) < 4.78 is 12.0. The average Bonchev–Trinajstić information content (AvgIpc) is 1.88. The molecule has 0 aliphatic carbocycles. The smallest absolute Gasteiger partial charge is 0.0518 e. The van der Waals surface area contributed by atoms with Crippen LogP contribution in [0.25, 0.3) is 0 Å². The van der Waals surface area contributed by atoms with E-state index in [0.717, 1.165) is 8.47 Å². The van der Waals surface area contributed by atoms with Crippen LogP contribution < -0.4 is 0 Å². The summed E-state index contributed by atoms with van der Waals surface area (Å²) in [5, 5.41) is 0. The minimum Gasteiger partial charge on any atom is -0.255 e. The Morgan fingerprint density at radius 2 is 2.00 bits per heavy atom. The van der Waals surface area contributed by atoms with Gasteiger partial charge in [0, 0.05) is 9.83 Å². The number of halogens is 1. The third kappa shape index (κ3) is 1.79. The molecular formula is C7H7IOS. The van der Waals surface area contributed by atoms with E-state index in [1.807, 2.05) is 24.3 Å². The molecule has 10 heavy (non-hydrogen) atoms. The summed E-state index contributed by atoms with van der Waals surface area (Å²) >= 11 is 2.18. The molecule has 0 saturated carbocycles. The van der Waals surface area contributed by atoms with Crippen molar-refractivity contribution in [2.24, 2.45) is 0 Å². The van der Waals surface area contributed by atoms with Gasteiger partial charge in [0.05, 0.1) is 15.7 Å². The summed E-state index contributed by atoms with van der Waals surface area (Å²) in [7, 11) is -0.848. The van der Waals surface area contributed by atoms with E-state index in [1.165, 1.54) is 0 Å². The lowest BCUT2D eigenvalue weighted by Crippen LogP contribution is -1.89. The van der Waals surface area contributed by atoms with Crippen LogP contribution in [0.4, 0.5) is 0 Å². The van der Waals surface area contributed by atoms with Gasteiger partial charge < -0.3 is 0 Å². The van der Waals surface area contributed by atoms with E-state index in [1.54, 1.807) is 6.26 Å². The molecule has 0 spiro atoms. The molecule has 0 heterocycles. The highest BCUT2D eigenvalue weighted by atomic mass is 127. The molecule has 0 aliphatic heterocycles. The molecule has 0 N–H and O–H groups in total. The van der Waals surface area contributed by atoms with Gasteiger partial charge in [0.25, 0.3) is 0 Å². The van der Waals surface area contributed by atoms with Crippen molar-refractivity contribution in [3.63, 3.8) is 0 Å². The lowest BCUT2D eigenvalue weighted by molar-refractivity contribution is 0.686. The molecule has 1 aromatic carbocycles. The van der Waals surface area contributed by atoms with Crippen molar-refractivity contribution in [3.05, 3.63) is 27.8 Å². The minimum absolute atomic E-state index is 0.848. The minimum atomic E-state index is -0.848. The third-order valence-electron chi connectivity index (χ3n) is 1.15. The Morgan fingerprint density at radius 3 is 2.40 bits per heavy atom. The van der Waals surface area contributed by atoms with Crippen LogP contribution in [-0.2, 0) is 10.8 Å². The highest BCUT2D eigenvalue weighted by molar-refractivity contribution is 14.1. The van der Waals surface area contributed by atoms with Crippen molar-refractivity contribution in [1.29, 1.82) is 0 Å². The molecule has 1 rings (SSSR count). The van der Waals surface area contributed by atoms with Gasteiger partial charge in [-0.3, -0.25) is 4.21 Å². The topological polar surface area (TPSA) is 17.1 Å². The predicted molar refractivity (Wildman–Crippen MR) is 51.5 cm³/mol. The molecule has 1 unspecified atom stereocenters. The van der Waals surface area contributed by atoms with E-state index in [0.29, 0.717) is 0 Å². The molecular weight excluding hydrogens is 259 g/mol. The second kappa shape index (κ2) is 3.48. The fourth-order valence-corrected chi connectivity index (χ4v) is 2.61. The van der Waals surface area contributed by atoms with E-state index in [2.05, 4.69) is 22.6 Å². The van der Waals surface area contributed by atoms with Gasteiger partial charge in [0.15, 0.2) is 0 Å². The van der Waals surface area contributed by atoms with Crippen molar-refractivity contribution >= 4 is 33.4 Å². The van der Waals surface area contributed by atoms with Gasteiger partial charge in [-0.2, -0.15) is 0 Å². The fourth-order valence-electron chi connectivity index (χ4n) is 0.678.